The lowest BCUT2D eigenvalue weighted by molar-refractivity contribution is 1.05. The number of allylic oxidation sites excluding steroid dienone is 3. The second-order valence-corrected chi connectivity index (χ2v) is 2.53. The van der Waals surface area contributed by atoms with Crippen LogP contribution in [0.2, 0.25) is 0 Å². The Morgan fingerprint density at radius 1 is 1.50 bits per heavy atom. The molecule has 0 amide bonds. The second kappa shape index (κ2) is 4.40. The Hall–Kier alpha value is -0.430. The highest BCUT2D eigenvalue weighted by Crippen LogP contribution is 2.15. The van der Waals surface area contributed by atoms with E-state index in [1.54, 1.807) is 5.54 Å². The maximum absolute atomic E-state index is 5.60. The van der Waals surface area contributed by atoms with E-state index >= 15 is 0 Å². The summed E-state index contributed by atoms with van der Waals surface area (Å²) in [5.41, 5.74) is 10.2. The number of hydrogen-bond acceptors (Lipinski definition) is 1. The van der Waals surface area contributed by atoms with Gasteiger partial charge in [-0.25, -0.2) is 0 Å². The highest BCUT2D eigenvalue weighted by Gasteiger charge is 1.98. The van der Waals surface area contributed by atoms with Crippen LogP contribution in [0.1, 0.15) is 27.2 Å². The monoisotopic (exact) mass is 159 g/mol. The van der Waals surface area contributed by atoms with E-state index in [2.05, 4.69) is 6.92 Å². The molecule has 0 aromatic rings. The zero-order valence-corrected chi connectivity index (χ0v) is 7.50. The van der Waals surface area contributed by atoms with Gasteiger partial charge in [-0.3, -0.25) is 0 Å². The van der Waals surface area contributed by atoms with Crippen molar-refractivity contribution < 1.29 is 0 Å². The summed E-state index contributed by atoms with van der Waals surface area (Å²) in [6.45, 7) is 5.92. The van der Waals surface area contributed by atoms with Gasteiger partial charge in [0, 0.05) is 11.2 Å². The van der Waals surface area contributed by atoms with Crippen molar-refractivity contribution in [3.63, 3.8) is 0 Å². The van der Waals surface area contributed by atoms with Crippen molar-refractivity contribution in [3.05, 3.63) is 22.4 Å². The Bertz CT molecular complexity index is 158. The first kappa shape index (κ1) is 9.57. The van der Waals surface area contributed by atoms with Gasteiger partial charge in [-0.2, -0.15) is 0 Å². The van der Waals surface area contributed by atoms with Gasteiger partial charge in [0.15, 0.2) is 0 Å². The summed E-state index contributed by atoms with van der Waals surface area (Å²) < 4.78 is 0. The topological polar surface area (TPSA) is 26.0 Å². The molecule has 0 aliphatic heterocycles. The third kappa shape index (κ3) is 2.44. The Morgan fingerprint density at radius 2 is 2.00 bits per heavy atom. The van der Waals surface area contributed by atoms with E-state index in [-0.39, 0.29) is 0 Å². The molecule has 0 spiro atoms. The van der Waals surface area contributed by atoms with Gasteiger partial charge in [0.1, 0.15) is 0 Å². The fraction of sp³-hybridized carbons (Fsp3) is 0.500. The van der Waals surface area contributed by atoms with Crippen molar-refractivity contribution in [3.8, 4) is 0 Å². The van der Waals surface area contributed by atoms with Gasteiger partial charge in [0.2, 0.25) is 0 Å². The first-order valence-corrected chi connectivity index (χ1v) is 3.79. The summed E-state index contributed by atoms with van der Waals surface area (Å²) in [7, 11) is 0. The molecule has 0 aromatic carbocycles. The molecule has 0 aromatic heterocycles. The fourth-order valence-corrected chi connectivity index (χ4v) is 1.07. The SMILES string of the molecule is CCC(=C(\C)N)/C(C)=C/Cl. The largest absolute Gasteiger partial charge is 0.402 e. The first-order chi connectivity index (χ1) is 4.63. The quantitative estimate of drug-likeness (QED) is 0.617. The van der Waals surface area contributed by atoms with Crippen LogP contribution in [0.25, 0.3) is 0 Å². The maximum atomic E-state index is 5.60. The zero-order chi connectivity index (χ0) is 8.15. The van der Waals surface area contributed by atoms with E-state index in [0.717, 1.165) is 23.3 Å². The molecule has 1 nitrogen and oxygen atoms in total. The van der Waals surface area contributed by atoms with Crippen LogP contribution in [0.3, 0.4) is 0 Å². The van der Waals surface area contributed by atoms with Crippen LogP contribution in [0.15, 0.2) is 22.4 Å². The summed E-state index contributed by atoms with van der Waals surface area (Å²) in [6.07, 6.45) is 0.942. The minimum absolute atomic E-state index is 0.858. The van der Waals surface area contributed by atoms with Gasteiger partial charge < -0.3 is 5.73 Å². The molecule has 58 valence electrons. The molecule has 0 fully saturated rings. The Balaban J connectivity index is 4.54. The lowest BCUT2D eigenvalue weighted by Gasteiger charge is -2.05. The van der Waals surface area contributed by atoms with Crippen LogP contribution >= 0.6 is 11.6 Å². The number of nitrogens with two attached hydrogens (primary N) is 1. The van der Waals surface area contributed by atoms with Crippen molar-refractivity contribution in [2.45, 2.75) is 27.2 Å². The summed E-state index contributed by atoms with van der Waals surface area (Å²) in [6, 6.07) is 0. The smallest absolute Gasteiger partial charge is 0.00842 e. The van der Waals surface area contributed by atoms with Crippen LogP contribution in [-0.4, -0.2) is 0 Å². The van der Waals surface area contributed by atoms with E-state index in [1.165, 1.54) is 0 Å². The van der Waals surface area contributed by atoms with E-state index < -0.39 is 0 Å². The van der Waals surface area contributed by atoms with E-state index in [0.29, 0.717) is 0 Å². The molecular formula is C8H14ClN. The zero-order valence-electron chi connectivity index (χ0n) is 6.74. The molecule has 0 radical (unpaired) electrons. The lowest BCUT2D eigenvalue weighted by atomic mass is 10.1. The fourth-order valence-electron chi connectivity index (χ4n) is 0.935. The summed E-state index contributed by atoms with van der Waals surface area (Å²) >= 11 is 5.52. The molecule has 0 aliphatic rings. The molecule has 2 N–H and O–H groups in total. The minimum atomic E-state index is 0.858. The van der Waals surface area contributed by atoms with Crippen LogP contribution in [-0.2, 0) is 0 Å². The normalized spacial score (nSPS) is 15.0. The molecule has 2 heteroatoms. The van der Waals surface area contributed by atoms with Crippen LogP contribution in [0.4, 0.5) is 0 Å². The number of hydrogen-bond donors (Lipinski definition) is 1. The molecular weight excluding hydrogens is 146 g/mol. The summed E-state index contributed by atoms with van der Waals surface area (Å²) in [5, 5.41) is 0. The Morgan fingerprint density at radius 3 is 2.10 bits per heavy atom. The lowest BCUT2D eigenvalue weighted by Crippen LogP contribution is -1.98. The van der Waals surface area contributed by atoms with Crippen molar-refractivity contribution in [1.82, 2.24) is 0 Å². The van der Waals surface area contributed by atoms with Crippen molar-refractivity contribution in [2.75, 3.05) is 0 Å². The number of halogens is 1. The molecule has 0 heterocycles. The van der Waals surface area contributed by atoms with Crippen LogP contribution < -0.4 is 5.73 Å². The van der Waals surface area contributed by atoms with Gasteiger partial charge >= 0.3 is 0 Å². The van der Waals surface area contributed by atoms with E-state index in [9.17, 15) is 0 Å². The number of rotatable bonds is 2. The molecule has 0 atom stereocenters. The third-order valence-corrected chi connectivity index (χ3v) is 1.80. The molecule has 0 bridgehead atoms. The molecule has 0 saturated carbocycles. The standard InChI is InChI=1S/C8H14ClN/c1-4-8(7(3)10)6(2)5-9/h5H,4,10H2,1-3H3/b6-5+,8-7-. The highest BCUT2D eigenvalue weighted by molar-refractivity contribution is 6.25. The molecule has 0 unspecified atom stereocenters. The van der Waals surface area contributed by atoms with Crippen molar-refractivity contribution in [1.29, 1.82) is 0 Å². The van der Waals surface area contributed by atoms with E-state index in [4.69, 9.17) is 17.3 Å². The molecule has 10 heavy (non-hydrogen) atoms. The Labute approximate surface area is 67.6 Å². The predicted molar refractivity (Wildman–Crippen MR) is 46.8 cm³/mol. The van der Waals surface area contributed by atoms with Crippen molar-refractivity contribution in [2.24, 2.45) is 5.73 Å². The molecule has 0 aliphatic carbocycles. The second-order valence-electron chi connectivity index (χ2n) is 2.31. The Kier molecular flexibility index (Phi) is 4.21. The van der Waals surface area contributed by atoms with Gasteiger partial charge in [-0.15, -0.1) is 0 Å². The van der Waals surface area contributed by atoms with Gasteiger partial charge in [0.05, 0.1) is 0 Å². The van der Waals surface area contributed by atoms with Crippen molar-refractivity contribution >= 4 is 11.6 Å². The first-order valence-electron chi connectivity index (χ1n) is 3.36. The third-order valence-electron chi connectivity index (χ3n) is 1.47. The van der Waals surface area contributed by atoms with E-state index in [1.807, 2.05) is 13.8 Å². The predicted octanol–water partition coefficient (Wildman–Crippen LogP) is 2.77. The molecule has 0 saturated heterocycles. The van der Waals surface area contributed by atoms with Crippen LogP contribution in [0.5, 0.6) is 0 Å². The highest BCUT2D eigenvalue weighted by atomic mass is 35.5. The van der Waals surface area contributed by atoms with Gasteiger partial charge in [-0.05, 0) is 31.4 Å². The molecule has 0 rings (SSSR count). The average Bonchev–Trinajstić information content (AvgIpc) is 1.88. The average molecular weight is 160 g/mol. The minimum Gasteiger partial charge on any atom is -0.402 e. The maximum Gasteiger partial charge on any atom is 0.00842 e. The summed E-state index contributed by atoms with van der Waals surface area (Å²) in [4.78, 5) is 0. The van der Waals surface area contributed by atoms with Gasteiger partial charge in [-0.1, -0.05) is 18.5 Å². The van der Waals surface area contributed by atoms with Gasteiger partial charge in [0.25, 0.3) is 0 Å². The van der Waals surface area contributed by atoms with Crippen LogP contribution in [0, 0.1) is 0 Å². The summed E-state index contributed by atoms with van der Waals surface area (Å²) in [5.74, 6) is 0.